The molecule has 1 aromatic rings. The summed E-state index contributed by atoms with van der Waals surface area (Å²) in [5, 5.41) is 10.1. The van der Waals surface area contributed by atoms with Crippen LogP contribution in [0.2, 0.25) is 0 Å². The molecule has 0 spiro atoms. The second-order valence-electron chi connectivity index (χ2n) is 4.20. The molecular weight excluding hydrogens is 262 g/mol. The van der Waals surface area contributed by atoms with Gasteiger partial charge in [-0.1, -0.05) is 52.3 Å². The third-order valence-electron chi connectivity index (χ3n) is 3.01. The molecule has 1 aliphatic carbocycles. The fourth-order valence-corrected chi connectivity index (χ4v) is 2.05. The number of hydrogen-bond acceptors (Lipinski definition) is 1. The molecule has 0 bridgehead atoms. The Hall–Kier alpha value is -1.07. The Morgan fingerprint density at radius 3 is 2.50 bits per heavy atom. The van der Waals surface area contributed by atoms with E-state index in [4.69, 9.17) is 5.26 Å². The molecule has 0 aliphatic heterocycles. The van der Waals surface area contributed by atoms with Crippen LogP contribution in [0.4, 0.5) is 0 Å². The van der Waals surface area contributed by atoms with E-state index in [0.29, 0.717) is 0 Å². The van der Waals surface area contributed by atoms with E-state index in [1.54, 1.807) is 0 Å². The summed E-state index contributed by atoms with van der Waals surface area (Å²) in [6.45, 7) is 0. The quantitative estimate of drug-likeness (QED) is 0.761. The van der Waals surface area contributed by atoms with Crippen molar-refractivity contribution >= 4 is 22.0 Å². The lowest BCUT2D eigenvalue weighted by molar-refractivity contribution is 0.908. The first-order valence-electron chi connectivity index (χ1n) is 5.55. The lowest BCUT2D eigenvalue weighted by Gasteiger charge is -2.05. The average Bonchev–Trinajstić information content (AvgIpc) is 3.11. The maximum Gasteiger partial charge on any atom is 0.0823 e. The van der Waals surface area contributed by atoms with Gasteiger partial charge in [0.1, 0.15) is 0 Å². The molecule has 0 unspecified atom stereocenters. The molecule has 0 N–H and O–H groups in total. The van der Waals surface area contributed by atoms with Crippen LogP contribution in [-0.2, 0) is 5.41 Å². The highest BCUT2D eigenvalue weighted by atomic mass is 79.9. The summed E-state index contributed by atoms with van der Waals surface area (Å²) >= 11 is 3.39. The van der Waals surface area contributed by atoms with E-state index >= 15 is 0 Å². The highest BCUT2D eigenvalue weighted by Crippen LogP contribution is 2.47. The molecule has 0 heterocycles. The Bertz CT molecular complexity index is 421. The minimum Gasteiger partial charge on any atom is -0.197 e. The molecule has 2 rings (SSSR count). The summed E-state index contributed by atoms with van der Waals surface area (Å²) in [5.41, 5.74) is 2.23. The first-order chi connectivity index (χ1) is 7.80. The number of benzene rings is 1. The Morgan fingerprint density at radius 2 is 2.00 bits per heavy atom. The Labute approximate surface area is 105 Å². The summed E-state index contributed by atoms with van der Waals surface area (Å²) in [6, 6.07) is 10.8. The SMILES string of the molecule is N#CC1(c2ccc(C=CCCBr)cc2)CC1. The van der Waals surface area contributed by atoms with Gasteiger partial charge in [0.2, 0.25) is 0 Å². The molecule has 1 fully saturated rings. The van der Waals surface area contributed by atoms with Crippen molar-refractivity contribution in [1.82, 2.24) is 0 Å². The van der Waals surface area contributed by atoms with Crippen LogP contribution in [-0.4, -0.2) is 5.33 Å². The number of nitriles is 1. The molecule has 0 radical (unpaired) electrons. The van der Waals surface area contributed by atoms with E-state index in [0.717, 1.165) is 24.6 Å². The van der Waals surface area contributed by atoms with Crippen molar-refractivity contribution in [2.75, 3.05) is 5.33 Å². The van der Waals surface area contributed by atoms with E-state index in [1.165, 1.54) is 11.1 Å². The van der Waals surface area contributed by atoms with Gasteiger partial charge in [-0.05, 0) is 30.4 Å². The number of hydrogen-bond donors (Lipinski definition) is 0. The minimum atomic E-state index is -0.155. The molecule has 1 saturated carbocycles. The van der Waals surface area contributed by atoms with E-state index < -0.39 is 0 Å². The van der Waals surface area contributed by atoms with E-state index in [9.17, 15) is 0 Å². The van der Waals surface area contributed by atoms with Crippen LogP contribution < -0.4 is 0 Å². The van der Waals surface area contributed by atoms with Crippen molar-refractivity contribution in [3.8, 4) is 6.07 Å². The molecule has 0 atom stereocenters. The normalized spacial score (nSPS) is 17.2. The van der Waals surface area contributed by atoms with Crippen LogP contribution in [0.3, 0.4) is 0 Å². The van der Waals surface area contributed by atoms with Crippen molar-refractivity contribution in [1.29, 1.82) is 5.26 Å². The van der Waals surface area contributed by atoms with Gasteiger partial charge >= 0.3 is 0 Å². The van der Waals surface area contributed by atoms with Crippen LogP contribution in [0.1, 0.15) is 30.4 Å². The zero-order chi connectivity index (χ0) is 11.4. The van der Waals surface area contributed by atoms with Crippen LogP contribution >= 0.6 is 15.9 Å². The largest absolute Gasteiger partial charge is 0.197 e. The second-order valence-corrected chi connectivity index (χ2v) is 4.99. The van der Waals surface area contributed by atoms with Crippen molar-refractivity contribution in [3.63, 3.8) is 0 Å². The smallest absolute Gasteiger partial charge is 0.0823 e. The van der Waals surface area contributed by atoms with Crippen molar-refractivity contribution in [3.05, 3.63) is 41.5 Å². The predicted octanol–water partition coefficient (Wildman–Crippen LogP) is 4.04. The zero-order valence-electron chi connectivity index (χ0n) is 9.12. The number of alkyl halides is 1. The van der Waals surface area contributed by atoms with Crippen LogP contribution in [0.5, 0.6) is 0 Å². The number of nitrogens with zero attached hydrogens (tertiary/aromatic N) is 1. The lowest BCUT2D eigenvalue weighted by Crippen LogP contribution is -2.01. The molecule has 0 saturated heterocycles. The maximum absolute atomic E-state index is 9.08. The van der Waals surface area contributed by atoms with Gasteiger partial charge in [-0.2, -0.15) is 5.26 Å². The standard InChI is InChI=1S/C14H14BrN/c15-10-2-1-3-12-4-6-13(7-5-12)14(11-16)8-9-14/h1,3-7H,2,8-10H2. The average molecular weight is 276 g/mol. The molecule has 0 amide bonds. The summed E-state index contributed by atoms with van der Waals surface area (Å²) in [5.74, 6) is 0. The molecule has 82 valence electrons. The molecular formula is C14H14BrN. The second kappa shape index (κ2) is 4.84. The molecule has 1 aliphatic rings. The highest BCUT2D eigenvalue weighted by molar-refractivity contribution is 9.09. The number of allylic oxidation sites excluding steroid dienone is 1. The van der Waals surface area contributed by atoms with Crippen molar-refractivity contribution in [2.45, 2.75) is 24.7 Å². The van der Waals surface area contributed by atoms with Gasteiger partial charge in [0.15, 0.2) is 0 Å². The van der Waals surface area contributed by atoms with Gasteiger partial charge < -0.3 is 0 Å². The summed E-state index contributed by atoms with van der Waals surface area (Å²) in [6.07, 6.45) is 7.35. The Balaban J connectivity index is 2.09. The minimum absolute atomic E-state index is 0.155. The maximum atomic E-state index is 9.08. The summed E-state index contributed by atoms with van der Waals surface area (Å²) < 4.78 is 0. The Morgan fingerprint density at radius 1 is 1.31 bits per heavy atom. The van der Waals surface area contributed by atoms with Gasteiger partial charge in [-0.3, -0.25) is 0 Å². The van der Waals surface area contributed by atoms with Crippen molar-refractivity contribution < 1.29 is 0 Å². The number of rotatable bonds is 4. The fraction of sp³-hybridized carbons (Fsp3) is 0.357. The number of halogens is 1. The molecule has 1 aromatic carbocycles. The van der Waals surface area contributed by atoms with Gasteiger partial charge in [-0.25, -0.2) is 0 Å². The van der Waals surface area contributed by atoms with Gasteiger partial charge in [0, 0.05) is 5.33 Å². The van der Waals surface area contributed by atoms with Crippen LogP contribution in [0.15, 0.2) is 30.3 Å². The van der Waals surface area contributed by atoms with Gasteiger partial charge in [-0.15, -0.1) is 0 Å². The molecule has 1 nitrogen and oxygen atoms in total. The topological polar surface area (TPSA) is 23.8 Å². The van der Waals surface area contributed by atoms with Gasteiger partial charge in [0.25, 0.3) is 0 Å². The third kappa shape index (κ3) is 2.36. The monoisotopic (exact) mass is 275 g/mol. The molecule has 2 heteroatoms. The van der Waals surface area contributed by atoms with Crippen LogP contribution in [0, 0.1) is 11.3 Å². The summed E-state index contributed by atoms with van der Waals surface area (Å²) in [7, 11) is 0. The van der Waals surface area contributed by atoms with E-state index in [-0.39, 0.29) is 5.41 Å². The van der Waals surface area contributed by atoms with Gasteiger partial charge in [0.05, 0.1) is 11.5 Å². The van der Waals surface area contributed by atoms with Crippen LogP contribution in [0.25, 0.3) is 6.08 Å². The predicted molar refractivity (Wildman–Crippen MR) is 70.4 cm³/mol. The Kier molecular flexibility index (Phi) is 3.46. The lowest BCUT2D eigenvalue weighted by atomic mass is 9.96. The highest BCUT2D eigenvalue weighted by Gasteiger charge is 2.44. The van der Waals surface area contributed by atoms with E-state index in [2.05, 4.69) is 58.4 Å². The first kappa shape index (κ1) is 11.4. The third-order valence-corrected chi connectivity index (χ3v) is 3.47. The molecule has 0 aromatic heterocycles. The summed E-state index contributed by atoms with van der Waals surface area (Å²) in [4.78, 5) is 0. The zero-order valence-corrected chi connectivity index (χ0v) is 10.7. The van der Waals surface area contributed by atoms with Crippen molar-refractivity contribution in [2.24, 2.45) is 0 Å². The molecule has 16 heavy (non-hydrogen) atoms. The fourth-order valence-electron chi connectivity index (χ4n) is 1.79. The van der Waals surface area contributed by atoms with E-state index in [1.807, 2.05) is 0 Å². The first-order valence-corrected chi connectivity index (χ1v) is 6.67.